The number of phenolic OH excluding ortho intramolecular Hbond substituents is 2. The molecule has 1 fully saturated rings. The molecule has 3 aliphatic rings. The Morgan fingerprint density at radius 2 is 1.65 bits per heavy atom. The van der Waals surface area contributed by atoms with Gasteiger partial charge in [-0.15, -0.1) is 0 Å². The molecule has 5 atom stereocenters. The Kier molecular flexibility index (Phi) is 5.55. The number of aliphatic hydroxyl groups is 1. The van der Waals surface area contributed by atoms with Crippen molar-refractivity contribution in [2.45, 2.75) is 64.1 Å². The van der Waals surface area contributed by atoms with E-state index in [0.29, 0.717) is 12.8 Å². The van der Waals surface area contributed by atoms with Crippen LogP contribution in [0.3, 0.4) is 0 Å². The van der Waals surface area contributed by atoms with Crippen LogP contribution in [-0.4, -0.2) is 51.2 Å². The molecule has 1 saturated heterocycles. The van der Waals surface area contributed by atoms with E-state index < -0.39 is 53.6 Å². The highest BCUT2D eigenvalue weighted by molar-refractivity contribution is 6.30. The zero-order chi connectivity index (χ0) is 24.3. The Hall–Kier alpha value is -3.07. The summed E-state index contributed by atoms with van der Waals surface area (Å²) < 4.78 is 11.9. The van der Waals surface area contributed by atoms with E-state index in [4.69, 9.17) is 9.47 Å². The number of fused-ring (bicyclic) bond motifs is 3. The summed E-state index contributed by atoms with van der Waals surface area (Å²) in [6.07, 6.45) is -1.40. The van der Waals surface area contributed by atoms with Gasteiger partial charge in [-0.2, -0.15) is 0 Å². The van der Waals surface area contributed by atoms with Crippen molar-refractivity contribution < 1.29 is 39.2 Å². The molecule has 3 N–H and O–H groups in total. The Morgan fingerprint density at radius 3 is 2.24 bits per heavy atom. The van der Waals surface area contributed by atoms with Crippen molar-refractivity contribution >= 4 is 17.3 Å². The average Bonchev–Trinajstić information content (AvgIpc) is 2.81. The molecular weight excluding hydrogens is 440 g/mol. The molecule has 34 heavy (non-hydrogen) atoms. The van der Waals surface area contributed by atoms with E-state index in [9.17, 15) is 29.7 Å². The molecular formula is C26H26O8. The predicted octanol–water partition coefficient (Wildman–Crippen LogP) is 2.97. The van der Waals surface area contributed by atoms with Gasteiger partial charge in [0.05, 0.1) is 29.4 Å². The number of hydrogen-bond donors (Lipinski definition) is 3. The molecule has 2 aromatic rings. The van der Waals surface area contributed by atoms with Gasteiger partial charge in [-0.25, -0.2) is 0 Å². The molecule has 0 saturated carbocycles. The number of Topliss-reactive ketones (excluding diaryl/α,β-unsaturated/α-hetero) is 1. The van der Waals surface area contributed by atoms with Crippen LogP contribution in [0.25, 0.3) is 0 Å². The van der Waals surface area contributed by atoms with Crippen LogP contribution in [0.5, 0.6) is 11.5 Å². The fourth-order valence-corrected chi connectivity index (χ4v) is 5.30. The number of rotatable bonds is 3. The maximum absolute atomic E-state index is 13.3. The van der Waals surface area contributed by atoms with Crippen LogP contribution in [0.4, 0.5) is 0 Å². The quantitative estimate of drug-likeness (QED) is 0.502. The van der Waals surface area contributed by atoms with Gasteiger partial charge in [-0.1, -0.05) is 24.3 Å². The van der Waals surface area contributed by atoms with Crippen LogP contribution in [0.2, 0.25) is 0 Å². The van der Waals surface area contributed by atoms with Gasteiger partial charge in [-0.3, -0.25) is 14.4 Å². The van der Waals surface area contributed by atoms with Crippen LogP contribution >= 0.6 is 0 Å². The molecule has 8 heteroatoms. The summed E-state index contributed by atoms with van der Waals surface area (Å²) in [6.45, 7) is 3.18. The van der Waals surface area contributed by atoms with Crippen molar-refractivity contribution in [1.29, 1.82) is 0 Å². The summed E-state index contributed by atoms with van der Waals surface area (Å²) in [6, 6.07) is 6.28. The second-order valence-corrected chi connectivity index (χ2v) is 9.33. The third-order valence-electron chi connectivity index (χ3n) is 7.23. The highest BCUT2D eigenvalue weighted by Crippen LogP contribution is 2.51. The zero-order valence-electron chi connectivity index (χ0n) is 18.9. The highest BCUT2D eigenvalue weighted by atomic mass is 16.7. The van der Waals surface area contributed by atoms with Gasteiger partial charge in [0.15, 0.2) is 17.9 Å². The number of ether oxygens (including phenoxy) is 2. The number of aromatic hydroxyl groups is 2. The third kappa shape index (κ3) is 3.45. The van der Waals surface area contributed by atoms with E-state index in [1.54, 1.807) is 19.1 Å². The number of phenols is 2. The Morgan fingerprint density at radius 1 is 1.03 bits per heavy atom. The molecule has 0 unspecified atom stereocenters. The molecule has 2 aromatic carbocycles. The minimum absolute atomic E-state index is 0.112. The molecule has 0 amide bonds. The Bertz CT molecular complexity index is 1220. The van der Waals surface area contributed by atoms with Crippen LogP contribution in [0.1, 0.15) is 82.2 Å². The van der Waals surface area contributed by atoms with Crippen molar-refractivity contribution in [3.63, 3.8) is 0 Å². The summed E-state index contributed by atoms with van der Waals surface area (Å²) in [4.78, 5) is 38.8. The van der Waals surface area contributed by atoms with E-state index in [1.165, 1.54) is 19.1 Å². The van der Waals surface area contributed by atoms with Crippen molar-refractivity contribution in [3.05, 3.63) is 57.6 Å². The lowest BCUT2D eigenvalue weighted by Gasteiger charge is -2.38. The van der Waals surface area contributed by atoms with Crippen molar-refractivity contribution in [2.24, 2.45) is 5.92 Å². The minimum Gasteiger partial charge on any atom is -0.507 e. The second-order valence-electron chi connectivity index (χ2n) is 9.33. The first-order chi connectivity index (χ1) is 16.2. The zero-order valence-corrected chi connectivity index (χ0v) is 18.9. The molecule has 0 radical (unpaired) electrons. The fraction of sp³-hybridized carbons (Fsp3) is 0.423. The number of benzene rings is 2. The van der Waals surface area contributed by atoms with Crippen LogP contribution < -0.4 is 0 Å². The van der Waals surface area contributed by atoms with Gasteiger partial charge in [0.25, 0.3) is 0 Å². The number of hydrogen-bond acceptors (Lipinski definition) is 8. The summed E-state index contributed by atoms with van der Waals surface area (Å²) in [5, 5.41) is 32.5. The number of carbonyl (C=O) groups is 3. The largest absolute Gasteiger partial charge is 0.507 e. The maximum Gasteiger partial charge on any atom is 0.198 e. The SMILES string of the molecule is CC(=O)[C@@H]1Cc2c(O)c3c(c(O)c2[C@@H](O[C@H]2CC[C@H](O)[C@H](C)O2)C1)C(=O)c1ccccc1C3=O. The first-order valence-electron chi connectivity index (χ1n) is 11.5. The number of carbonyl (C=O) groups excluding carboxylic acids is 3. The third-order valence-corrected chi connectivity index (χ3v) is 7.23. The van der Waals surface area contributed by atoms with Gasteiger partial charge in [0.1, 0.15) is 17.3 Å². The molecule has 178 valence electrons. The maximum atomic E-state index is 13.3. The van der Waals surface area contributed by atoms with Gasteiger partial charge < -0.3 is 24.8 Å². The molecule has 8 nitrogen and oxygen atoms in total. The summed E-state index contributed by atoms with van der Waals surface area (Å²) in [5.41, 5.74) is 0.262. The Balaban J connectivity index is 1.64. The lowest BCUT2D eigenvalue weighted by Crippen LogP contribution is -2.39. The normalized spacial score (nSPS) is 28.1. The van der Waals surface area contributed by atoms with Gasteiger partial charge in [0, 0.05) is 34.6 Å². The average molecular weight is 466 g/mol. The predicted molar refractivity (Wildman–Crippen MR) is 119 cm³/mol. The van der Waals surface area contributed by atoms with Crippen LogP contribution in [-0.2, 0) is 20.7 Å². The molecule has 2 aliphatic carbocycles. The monoisotopic (exact) mass is 466 g/mol. The lowest BCUT2D eigenvalue weighted by molar-refractivity contribution is -0.239. The van der Waals surface area contributed by atoms with Gasteiger partial charge in [-0.05, 0) is 33.1 Å². The van der Waals surface area contributed by atoms with E-state index in [-0.39, 0.29) is 52.0 Å². The molecule has 1 aliphatic heterocycles. The topological polar surface area (TPSA) is 130 Å². The standard InChI is InChI=1S/C26H26O8/c1-11(27)13-9-16-20(18(10-13)34-19-8-7-17(28)12(2)33-19)26(32)22-21(25(16)31)23(29)14-5-3-4-6-15(14)24(22)30/h3-6,12-13,17-19,28,31-32H,7-10H2,1-2H3/t12-,13+,17-,18-,19-/m0/s1. The smallest absolute Gasteiger partial charge is 0.198 e. The molecule has 0 spiro atoms. The van der Waals surface area contributed by atoms with Crippen LogP contribution in [0, 0.1) is 5.92 Å². The first-order valence-corrected chi connectivity index (χ1v) is 11.5. The summed E-state index contributed by atoms with van der Waals surface area (Å²) in [5.74, 6) is -2.54. The van der Waals surface area contributed by atoms with E-state index in [0.717, 1.165) is 0 Å². The fourth-order valence-electron chi connectivity index (χ4n) is 5.30. The van der Waals surface area contributed by atoms with E-state index in [2.05, 4.69) is 0 Å². The molecule has 1 heterocycles. The molecule has 0 bridgehead atoms. The molecule has 5 rings (SSSR count). The van der Waals surface area contributed by atoms with Crippen molar-refractivity contribution in [1.82, 2.24) is 0 Å². The number of ketones is 3. The van der Waals surface area contributed by atoms with E-state index in [1.807, 2.05) is 0 Å². The van der Waals surface area contributed by atoms with Crippen molar-refractivity contribution in [3.8, 4) is 11.5 Å². The minimum atomic E-state index is -0.846. The van der Waals surface area contributed by atoms with E-state index >= 15 is 0 Å². The Labute approximate surface area is 196 Å². The van der Waals surface area contributed by atoms with Crippen molar-refractivity contribution in [2.75, 3.05) is 0 Å². The van der Waals surface area contributed by atoms with Gasteiger partial charge in [0.2, 0.25) is 0 Å². The second kappa shape index (κ2) is 8.30. The van der Waals surface area contributed by atoms with Crippen LogP contribution in [0.15, 0.2) is 24.3 Å². The summed E-state index contributed by atoms with van der Waals surface area (Å²) in [7, 11) is 0. The van der Waals surface area contributed by atoms with Gasteiger partial charge >= 0.3 is 0 Å². The first kappa shape index (κ1) is 22.7. The highest BCUT2D eigenvalue weighted by Gasteiger charge is 2.43. The summed E-state index contributed by atoms with van der Waals surface area (Å²) >= 11 is 0. The lowest BCUT2D eigenvalue weighted by atomic mass is 9.74. The molecule has 0 aromatic heterocycles. The number of aliphatic hydroxyl groups excluding tert-OH is 1.